The highest BCUT2D eigenvalue weighted by atomic mass is 16.5. The largest absolute Gasteiger partial charge is 0.493 e. The molecule has 0 saturated carbocycles. The predicted octanol–water partition coefficient (Wildman–Crippen LogP) is 4.86. The summed E-state index contributed by atoms with van der Waals surface area (Å²) in [5.74, 6) is 1.60. The zero-order chi connectivity index (χ0) is 22.7. The fourth-order valence-electron chi connectivity index (χ4n) is 3.36. The smallest absolute Gasteiger partial charge is 0.253 e. The summed E-state index contributed by atoms with van der Waals surface area (Å²) in [6.07, 6.45) is 1.75. The Morgan fingerprint density at radius 2 is 1.87 bits per heavy atom. The fourth-order valence-corrected chi connectivity index (χ4v) is 3.36. The number of nitrogens with zero attached hydrogens (tertiary/aromatic N) is 3. The Labute approximate surface area is 183 Å². The van der Waals surface area contributed by atoms with Crippen molar-refractivity contribution in [3.63, 3.8) is 0 Å². The Bertz CT molecular complexity index is 1070. The molecule has 1 N–H and O–H groups in total. The van der Waals surface area contributed by atoms with Gasteiger partial charge in [-0.1, -0.05) is 19.9 Å². The molecule has 3 rings (SSSR count). The van der Waals surface area contributed by atoms with E-state index in [0.29, 0.717) is 35.3 Å². The van der Waals surface area contributed by atoms with E-state index in [0.717, 1.165) is 16.6 Å². The van der Waals surface area contributed by atoms with Crippen LogP contribution in [0.1, 0.15) is 68.3 Å². The van der Waals surface area contributed by atoms with Gasteiger partial charge in [0.15, 0.2) is 17.1 Å². The number of hydrogen-bond acceptors (Lipinski definition) is 5. The van der Waals surface area contributed by atoms with Crippen molar-refractivity contribution in [2.45, 2.75) is 53.6 Å². The second-order valence-corrected chi connectivity index (χ2v) is 8.53. The van der Waals surface area contributed by atoms with Crippen LogP contribution in [0, 0.1) is 12.8 Å². The summed E-state index contributed by atoms with van der Waals surface area (Å²) in [5, 5.41) is 8.31. The number of nitrogens with one attached hydrogen (secondary N) is 1. The molecule has 7 nitrogen and oxygen atoms in total. The van der Waals surface area contributed by atoms with E-state index in [4.69, 9.17) is 9.47 Å². The van der Waals surface area contributed by atoms with Crippen LogP contribution in [0.2, 0.25) is 0 Å². The van der Waals surface area contributed by atoms with Crippen molar-refractivity contribution in [3.8, 4) is 11.5 Å². The Morgan fingerprint density at radius 1 is 1.13 bits per heavy atom. The van der Waals surface area contributed by atoms with E-state index in [9.17, 15) is 4.79 Å². The molecule has 31 heavy (non-hydrogen) atoms. The van der Waals surface area contributed by atoms with Gasteiger partial charge in [0, 0.05) is 11.4 Å². The van der Waals surface area contributed by atoms with Crippen LogP contribution in [0.25, 0.3) is 11.0 Å². The zero-order valence-corrected chi connectivity index (χ0v) is 19.4. The Kier molecular flexibility index (Phi) is 6.83. The maximum atomic E-state index is 13.0. The average molecular weight is 425 g/mol. The minimum atomic E-state index is -0.214. The highest BCUT2D eigenvalue weighted by Gasteiger charge is 2.18. The van der Waals surface area contributed by atoms with E-state index in [-0.39, 0.29) is 18.0 Å². The highest BCUT2D eigenvalue weighted by molar-refractivity contribution is 5.98. The first-order valence-electron chi connectivity index (χ1n) is 10.7. The van der Waals surface area contributed by atoms with Gasteiger partial charge in [-0.15, -0.1) is 0 Å². The number of amides is 1. The van der Waals surface area contributed by atoms with Crippen molar-refractivity contribution in [2.24, 2.45) is 5.92 Å². The quantitative estimate of drug-likeness (QED) is 0.559. The summed E-state index contributed by atoms with van der Waals surface area (Å²) >= 11 is 0. The summed E-state index contributed by atoms with van der Waals surface area (Å²) in [4.78, 5) is 17.6. The lowest BCUT2D eigenvalue weighted by Gasteiger charge is -2.18. The van der Waals surface area contributed by atoms with Crippen LogP contribution in [0.5, 0.6) is 11.5 Å². The lowest BCUT2D eigenvalue weighted by Crippen LogP contribution is -2.27. The number of ether oxygens (including phenoxy) is 2. The molecule has 2 heterocycles. The van der Waals surface area contributed by atoms with E-state index in [1.807, 2.05) is 42.8 Å². The lowest BCUT2D eigenvalue weighted by molar-refractivity contribution is 0.0939. The number of carbonyl (C=O) groups excluding carboxylic acids is 1. The molecule has 0 radical (unpaired) electrons. The van der Waals surface area contributed by atoms with Gasteiger partial charge >= 0.3 is 0 Å². The molecule has 1 unspecified atom stereocenters. The predicted molar refractivity (Wildman–Crippen MR) is 122 cm³/mol. The number of pyridine rings is 1. The first-order chi connectivity index (χ1) is 14.7. The molecule has 1 aromatic carbocycles. The maximum absolute atomic E-state index is 13.0. The molecule has 2 aromatic heterocycles. The standard InChI is InChI=1S/C24H32N4O3/c1-14(2)13-31-21-9-8-18(11-22(21)30-7)16(5)27-24(29)20-10-19-12-25-28(15(3)4)23(19)26-17(20)6/h8-12,14-16H,13H2,1-7H3,(H,27,29). The van der Waals surface area contributed by atoms with E-state index in [2.05, 4.69) is 43.1 Å². The van der Waals surface area contributed by atoms with Gasteiger partial charge in [0.05, 0.1) is 37.2 Å². The normalized spacial score (nSPS) is 12.4. The molecule has 1 atom stereocenters. The van der Waals surface area contributed by atoms with Crippen LogP contribution in [0.15, 0.2) is 30.5 Å². The van der Waals surface area contributed by atoms with Crippen LogP contribution in [0.3, 0.4) is 0 Å². The molecule has 0 bridgehead atoms. The first kappa shape index (κ1) is 22.6. The van der Waals surface area contributed by atoms with Gasteiger partial charge in [0.2, 0.25) is 0 Å². The molecule has 0 aliphatic carbocycles. The molecule has 0 aliphatic rings. The zero-order valence-electron chi connectivity index (χ0n) is 19.4. The number of methoxy groups -OCH3 is 1. The van der Waals surface area contributed by atoms with Gasteiger partial charge in [-0.2, -0.15) is 5.10 Å². The number of fused-ring (bicyclic) bond motifs is 1. The first-order valence-corrected chi connectivity index (χ1v) is 10.7. The van der Waals surface area contributed by atoms with Gasteiger partial charge in [-0.3, -0.25) is 4.79 Å². The summed E-state index contributed by atoms with van der Waals surface area (Å²) in [6.45, 7) is 12.7. The highest BCUT2D eigenvalue weighted by Crippen LogP contribution is 2.31. The molecule has 7 heteroatoms. The molecule has 3 aromatic rings. The number of rotatable bonds is 8. The molecule has 0 aliphatic heterocycles. The molecular formula is C24H32N4O3. The number of benzene rings is 1. The maximum Gasteiger partial charge on any atom is 0.253 e. The second kappa shape index (κ2) is 9.37. The summed E-state index contributed by atoms with van der Waals surface area (Å²) in [5.41, 5.74) is 2.95. The van der Waals surface area contributed by atoms with Crippen molar-refractivity contribution in [3.05, 3.63) is 47.3 Å². The third-order valence-electron chi connectivity index (χ3n) is 5.10. The van der Waals surface area contributed by atoms with Crippen LogP contribution >= 0.6 is 0 Å². The monoisotopic (exact) mass is 424 g/mol. The van der Waals surface area contributed by atoms with Crippen LogP contribution < -0.4 is 14.8 Å². The van der Waals surface area contributed by atoms with Gasteiger partial charge in [0.1, 0.15) is 0 Å². The third-order valence-corrected chi connectivity index (χ3v) is 5.10. The average Bonchev–Trinajstić information content (AvgIpc) is 3.14. The molecular weight excluding hydrogens is 392 g/mol. The van der Waals surface area contributed by atoms with E-state index >= 15 is 0 Å². The van der Waals surface area contributed by atoms with Crippen molar-refractivity contribution < 1.29 is 14.3 Å². The summed E-state index contributed by atoms with van der Waals surface area (Å²) in [7, 11) is 1.62. The Morgan fingerprint density at radius 3 is 2.52 bits per heavy atom. The molecule has 0 saturated heterocycles. The second-order valence-electron chi connectivity index (χ2n) is 8.53. The number of hydrogen-bond donors (Lipinski definition) is 1. The molecule has 0 fully saturated rings. The van der Waals surface area contributed by atoms with Crippen molar-refractivity contribution in [1.29, 1.82) is 0 Å². The SMILES string of the molecule is COc1cc(C(C)NC(=O)c2cc3cnn(C(C)C)c3nc2C)ccc1OCC(C)C. The topological polar surface area (TPSA) is 78.3 Å². The molecule has 1 amide bonds. The van der Waals surface area contributed by atoms with Crippen molar-refractivity contribution in [1.82, 2.24) is 20.1 Å². The van der Waals surface area contributed by atoms with E-state index in [1.54, 1.807) is 13.3 Å². The minimum absolute atomic E-state index is 0.171. The minimum Gasteiger partial charge on any atom is -0.493 e. The van der Waals surface area contributed by atoms with Gasteiger partial charge in [0.25, 0.3) is 5.91 Å². The lowest BCUT2D eigenvalue weighted by atomic mass is 10.1. The van der Waals surface area contributed by atoms with Crippen molar-refractivity contribution in [2.75, 3.05) is 13.7 Å². The summed E-state index contributed by atoms with van der Waals surface area (Å²) in [6, 6.07) is 7.58. The molecule has 0 spiro atoms. The fraction of sp³-hybridized carbons (Fsp3) is 0.458. The Balaban J connectivity index is 1.79. The van der Waals surface area contributed by atoms with Gasteiger partial charge in [-0.05, 0) is 57.4 Å². The number of aromatic nitrogens is 3. The number of carbonyl (C=O) groups is 1. The van der Waals surface area contributed by atoms with E-state index in [1.165, 1.54) is 0 Å². The van der Waals surface area contributed by atoms with Crippen LogP contribution in [-0.2, 0) is 0 Å². The third kappa shape index (κ3) is 4.98. The van der Waals surface area contributed by atoms with Crippen LogP contribution in [0.4, 0.5) is 0 Å². The van der Waals surface area contributed by atoms with Crippen molar-refractivity contribution >= 4 is 16.9 Å². The number of aryl methyl sites for hydroxylation is 1. The Hall–Kier alpha value is -3.09. The summed E-state index contributed by atoms with van der Waals surface area (Å²) < 4.78 is 13.2. The molecule has 166 valence electrons. The van der Waals surface area contributed by atoms with Gasteiger partial charge < -0.3 is 14.8 Å². The van der Waals surface area contributed by atoms with E-state index < -0.39 is 0 Å². The van der Waals surface area contributed by atoms with Gasteiger partial charge in [-0.25, -0.2) is 9.67 Å². The van der Waals surface area contributed by atoms with Crippen LogP contribution in [-0.4, -0.2) is 34.4 Å².